The van der Waals surface area contributed by atoms with E-state index in [9.17, 15) is 0 Å². The van der Waals surface area contributed by atoms with Crippen LogP contribution in [0, 0.1) is 17.3 Å². The van der Waals surface area contributed by atoms with Gasteiger partial charge in [0.15, 0.2) is 0 Å². The minimum absolute atomic E-state index is 0.631. The maximum Gasteiger partial charge on any atom is -0.0351 e. The molecule has 0 radical (unpaired) electrons. The molecule has 0 N–H and O–H groups in total. The van der Waals surface area contributed by atoms with E-state index >= 15 is 0 Å². The molecular weight excluding hydrogens is 144 g/mol. The molecule has 2 atom stereocenters. The van der Waals surface area contributed by atoms with Crippen molar-refractivity contribution >= 4 is 0 Å². The normalized spacial score (nSPS) is 33.5. The van der Waals surface area contributed by atoms with Crippen LogP contribution in [0.4, 0.5) is 0 Å². The molecule has 0 saturated heterocycles. The molecular formula is C12H26. The quantitative estimate of drug-likeness (QED) is 0.502. The summed E-state index contributed by atoms with van der Waals surface area (Å²) in [5.41, 5.74) is 0.631. The molecule has 0 nitrogen and oxygen atoms in total. The topological polar surface area (TPSA) is 0 Å². The fourth-order valence-corrected chi connectivity index (χ4v) is 2.08. The molecule has 1 fully saturated rings. The summed E-state index contributed by atoms with van der Waals surface area (Å²) in [5, 5.41) is 0. The van der Waals surface area contributed by atoms with E-state index in [0.717, 1.165) is 11.8 Å². The van der Waals surface area contributed by atoms with Gasteiger partial charge in [-0.3, -0.25) is 0 Å². The summed E-state index contributed by atoms with van der Waals surface area (Å²) in [7, 11) is 0. The Balaban J connectivity index is 0.000000561. The van der Waals surface area contributed by atoms with Gasteiger partial charge in [-0.2, -0.15) is 0 Å². The van der Waals surface area contributed by atoms with E-state index in [0.29, 0.717) is 5.41 Å². The molecule has 0 bridgehead atoms. The zero-order chi connectivity index (χ0) is 9.78. The molecule has 0 aromatic carbocycles. The third-order valence-corrected chi connectivity index (χ3v) is 3.12. The number of hydrogen-bond acceptors (Lipinski definition) is 0. The maximum absolute atomic E-state index is 2.40. The van der Waals surface area contributed by atoms with Crippen LogP contribution < -0.4 is 0 Å². The van der Waals surface area contributed by atoms with Gasteiger partial charge in [0.2, 0.25) is 0 Å². The first-order chi connectivity index (χ1) is 5.51. The van der Waals surface area contributed by atoms with Gasteiger partial charge in [-0.05, 0) is 36.5 Å². The average molecular weight is 170 g/mol. The van der Waals surface area contributed by atoms with Gasteiger partial charge in [-0.25, -0.2) is 0 Å². The highest BCUT2D eigenvalue weighted by molar-refractivity contribution is 4.80. The van der Waals surface area contributed by atoms with Crippen molar-refractivity contribution in [2.45, 2.75) is 60.8 Å². The van der Waals surface area contributed by atoms with Gasteiger partial charge in [0.1, 0.15) is 0 Å². The van der Waals surface area contributed by atoms with E-state index in [2.05, 4.69) is 27.7 Å². The van der Waals surface area contributed by atoms with Gasteiger partial charge in [0, 0.05) is 0 Å². The fraction of sp³-hybridized carbons (Fsp3) is 1.00. The summed E-state index contributed by atoms with van der Waals surface area (Å²) in [6.07, 6.45) is 4.29. The first-order valence-corrected chi connectivity index (χ1v) is 5.51. The van der Waals surface area contributed by atoms with Crippen LogP contribution in [-0.4, -0.2) is 0 Å². The van der Waals surface area contributed by atoms with Crippen LogP contribution in [0.5, 0.6) is 0 Å². The van der Waals surface area contributed by atoms with Crippen LogP contribution in [-0.2, 0) is 0 Å². The molecule has 0 heterocycles. The highest BCUT2D eigenvalue weighted by atomic mass is 14.3. The first kappa shape index (κ1) is 12.0. The maximum atomic E-state index is 2.40. The van der Waals surface area contributed by atoms with Crippen molar-refractivity contribution in [3.63, 3.8) is 0 Å². The highest BCUT2D eigenvalue weighted by Crippen LogP contribution is 2.41. The molecule has 0 spiro atoms. The summed E-state index contributed by atoms with van der Waals surface area (Å²) in [6, 6.07) is 0. The molecule has 0 aliphatic heterocycles. The lowest BCUT2D eigenvalue weighted by Gasteiger charge is -2.37. The zero-order valence-corrected chi connectivity index (χ0v) is 9.78. The van der Waals surface area contributed by atoms with Crippen LogP contribution in [0.3, 0.4) is 0 Å². The molecule has 0 aromatic rings. The Morgan fingerprint density at radius 1 is 1.00 bits per heavy atom. The fourth-order valence-electron chi connectivity index (χ4n) is 2.08. The predicted molar refractivity (Wildman–Crippen MR) is 57.3 cm³/mol. The molecule has 1 saturated carbocycles. The SMILES string of the molecule is CC.CC1CC(C)(C)CC[C@H]1C. The van der Waals surface area contributed by atoms with Crippen molar-refractivity contribution in [2.24, 2.45) is 17.3 Å². The van der Waals surface area contributed by atoms with Gasteiger partial charge in [0.25, 0.3) is 0 Å². The van der Waals surface area contributed by atoms with Crippen LogP contribution in [0.1, 0.15) is 60.8 Å². The van der Waals surface area contributed by atoms with Crippen molar-refractivity contribution in [3.8, 4) is 0 Å². The van der Waals surface area contributed by atoms with E-state index in [1.54, 1.807) is 0 Å². The van der Waals surface area contributed by atoms with Gasteiger partial charge >= 0.3 is 0 Å². The molecule has 74 valence electrons. The lowest BCUT2D eigenvalue weighted by Crippen LogP contribution is -2.26. The first-order valence-electron chi connectivity index (χ1n) is 5.51. The monoisotopic (exact) mass is 170 g/mol. The standard InChI is InChI=1S/C10H20.C2H6/c1-8-5-6-10(3,4)7-9(8)2;1-2/h8-9H,5-7H2,1-4H3;1-2H3/t8-,9?;/m1./s1. The second-order valence-corrected chi connectivity index (χ2v) is 4.86. The Labute approximate surface area is 78.8 Å². The van der Waals surface area contributed by atoms with Crippen molar-refractivity contribution in [3.05, 3.63) is 0 Å². The van der Waals surface area contributed by atoms with E-state index in [1.165, 1.54) is 19.3 Å². The van der Waals surface area contributed by atoms with Gasteiger partial charge in [0.05, 0.1) is 0 Å². The Hall–Kier alpha value is 0. The van der Waals surface area contributed by atoms with Crippen LogP contribution in [0.2, 0.25) is 0 Å². The van der Waals surface area contributed by atoms with Crippen molar-refractivity contribution in [1.29, 1.82) is 0 Å². The van der Waals surface area contributed by atoms with Crippen LogP contribution >= 0.6 is 0 Å². The predicted octanol–water partition coefficient (Wildman–Crippen LogP) is 4.49. The van der Waals surface area contributed by atoms with Gasteiger partial charge in [-0.1, -0.05) is 41.5 Å². The minimum Gasteiger partial charge on any atom is -0.0683 e. The Bertz CT molecular complexity index is 113. The lowest BCUT2D eigenvalue weighted by atomic mass is 9.68. The van der Waals surface area contributed by atoms with Crippen LogP contribution in [0.15, 0.2) is 0 Å². The molecule has 1 aliphatic carbocycles. The Kier molecular flexibility index (Phi) is 4.89. The van der Waals surface area contributed by atoms with Crippen molar-refractivity contribution in [2.75, 3.05) is 0 Å². The van der Waals surface area contributed by atoms with Crippen LogP contribution in [0.25, 0.3) is 0 Å². The lowest BCUT2D eigenvalue weighted by molar-refractivity contribution is 0.139. The second kappa shape index (κ2) is 4.89. The molecule has 1 unspecified atom stereocenters. The van der Waals surface area contributed by atoms with E-state index in [1.807, 2.05) is 13.8 Å². The van der Waals surface area contributed by atoms with E-state index < -0.39 is 0 Å². The van der Waals surface area contributed by atoms with E-state index in [4.69, 9.17) is 0 Å². The molecule has 1 aliphatic rings. The summed E-state index contributed by atoms with van der Waals surface area (Å²) < 4.78 is 0. The highest BCUT2D eigenvalue weighted by Gasteiger charge is 2.29. The largest absolute Gasteiger partial charge is 0.0683 e. The van der Waals surface area contributed by atoms with Crippen molar-refractivity contribution < 1.29 is 0 Å². The zero-order valence-electron chi connectivity index (χ0n) is 9.78. The summed E-state index contributed by atoms with van der Waals surface area (Å²) in [6.45, 7) is 13.6. The smallest absolute Gasteiger partial charge is 0.0351 e. The third kappa shape index (κ3) is 3.60. The molecule has 0 amide bonds. The van der Waals surface area contributed by atoms with Gasteiger partial charge < -0.3 is 0 Å². The number of hydrogen-bond donors (Lipinski definition) is 0. The Morgan fingerprint density at radius 3 is 1.83 bits per heavy atom. The van der Waals surface area contributed by atoms with Gasteiger partial charge in [-0.15, -0.1) is 0 Å². The number of rotatable bonds is 0. The molecule has 0 heteroatoms. The summed E-state index contributed by atoms with van der Waals surface area (Å²) in [5.74, 6) is 1.91. The molecule has 12 heavy (non-hydrogen) atoms. The molecule has 1 rings (SSSR count). The summed E-state index contributed by atoms with van der Waals surface area (Å²) in [4.78, 5) is 0. The average Bonchev–Trinajstić information content (AvgIpc) is 2.01. The van der Waals surface area contributed by atoms with Crippen molar-refractivity contribution in [1.82, 2.24) is 0 Å². The third-order valence-electron chi connectivity index (χ3n) is 3.12. The summed E-state index contributed by atoms with van der Waals surface area (Å²) >= 11 is 0. The molecule has 0 aromatic heterocycles. The second-order valence-electron chi connectivity index (χ2n) is 4.86. The minimum atomic E-state index is 0.631. The Morgan fingerprint density at radius 2 is 1.50 bits per heavy atom. The van der Waals surface area contributed by atoms with E-state index in [-0.39, 0.29) is 0 Å².